The van der Waals surface area contributed by atoms with E-state index in [0.717, 1.165) is 18.8 Å². The van der Waals surface area contributed by atoms with Crippen molar-refractivity contribution in [1.29, 1.82) is 0 Å². The van der Waals surface area contributed by atoms with Gasteiger partial charge in [0.05, 0.1) is 13.7 Å². The lowest BCUT2D eigenvalue weighted by atomic mass is 9.86. The largest absolute Gasteiger partial charge is 0.497 e. The third-order valence-corrected chi connectivity index (χ3v) is 4.23. The second-order valence-electron chi connectivity index (χ2n) is 5.98. The van der Waals surface area contributed by atoms with Crippen LogP contribution in [0, 0.1) is 5.92 Å². The Labute approximate surface area is 122 Å². The molecule has 1 N–H and O–H groups in total. The number of methoxy groups -OCH3 is 2. The molecule has 2 unspecified atom stereocenters. The van der Waals surface area contributed by atoms with Crippen LogP contribution in [0.25, 0.3) is 0 Å². The van der Waals surface area contributed by atoms with Crippen molar-refractivity contribution < 1.29 is 9.47 Å². The molecule has 3 heteroatoms. The summed E-state index contributed by atoms with van der Waals surface area (Å²) in [5.41, 5.74) is 2.85. The lowest BCUT2D eigenvalue weighted by molar-refractivity contribution is 0.138. The van der Waals surface area contributed by atoms with Gasteiger partial charge in [-0.05, 0) is 48.4 Å². The molecule has 0 fully saturated rings. The highest BCUT2D eigenvalue weighted by Gasteiger charge is 2.24. The minimum absolute atomic E-state index is 0.401. The summed E-state index contributed by atoms with van der Waals surface area (Å²) in [6.45, 7) is 5.25. The summed E-state index contributed by atoms with van der Waals surface area (Å²) in [4.78, 5) is 0. The molecular weight excluding hydrogens is 250 g/mol. The molecule has 0 aliphatic heterocycles. The van der Waals surface area contributed by atoms with E-state index in [-0.39, 0.29) is 0 Å². The maximum atomic E-state index is 5.35. The maximum Gasteiger partial charge on any atom is 0.119 e. The quantitative estimate of drug-likeness (QED) is 0.865. The van der Waals surface area contributed by atoms with E-state index in [4.69, 9.17) is 9.47 Å². The number of fused-ring (bicyclic) bond motifs is 1. The van der Waals surface area contributed by atoms with E-state index in [1.165, 1.54) is 24.0 Å². The smallest absolute Gasteiger partial charge is 0.119 e. The van der Waals surface area contributed by atoms with Gasteiger partial charge >= 0.3 is 0 Å². The monoisotopic (exact) mass is 277 g/mol. The van der Waals surface area contributed by atoms with Gasteiger partial charge in [-0.2, -0.15) is 0 Å². The van der Waals surface area contributed by atoms with Crippen LogP contribution >= 0.6 is 0 Å². The van der Waals surface area contributed by atoms with Crippen molar-refractivity contribution in [3.05, 3.63) is 29.3 Å². The molecule has 0 aromatic heterocycles. The Morgan fingerprint density at radius 2 is 2.10 bits per heavy atom. The highest BCUT2D eigenvalue weighted by Crippen LogP contribution is 2.32. The van der Waals surface area contributed by atoms with Crippen LogP contribution in [0.1, 0.15) is 43.9 Å². The molecule has 20 heavy (non-hydrogen) atoms. The van der Waals surface area contributed by atoms with Gasteiger partial charge in [0, 0.05) is 19.2 Å². The summed E-state index contributed by atoms with van der Waals surface area (Å²) in [6.07, 6.45) is 3.59. The van der Waals surface area contributed by atoms with E-state index < -0.39 is 0 Å². The lowest BCUT2D eigenvalue weighted by Gasteiger charge is -2.32. The number of hydrogen-bond donors (Lipinski definition) is 1. The lowest BCUT2D eigenvalue weighted by Crippen LogP contribution is -2.41. The molecule has 0 heterocycles. The van der Waals surface area contributed by atoms with Crippen molar-refractivity contribution in [2.24, 2.45) is 5.92 Å². The minimum Gasteiger partial charge on any atom is -0.497 e. The molecule has 0 spiro atoms. The van der Waals surface area contributed by atoms with Crippen LogP contribution in [0.4, 0.5) is 0 Å². The normalized spacial score (nSPS) is 19.8. The molecule has 1 aromatic carbocycles. The van der Waals surface area contributed by atoms with Crippen molar-refractivity contribution in [3.8, 4) is 5.75 Å². The molecule has 2 atom stereocenters. The Morgan fingerprint density at radius 3 is 2.75 bits per heavy atom. The summed E-state index contributed by atoms with van der Waals surface area (Å²) in [5.74, 6) is 1.53. The average molecular weight is 277 g/mol. The Bertz CT molecular complexity index is 431. The molecule has 0 bridgehead atoms. The van der Waals surface area contributed by atoms with Gasteiger partial charge in [-0.1, -0.05) is 19.9 Å². The third-order valence-electron chi connectivity index (χ3n) is 4.23. The first-order chi connectivity index (χ1) is 9.65. The van der Waals surface area contributed by atoms with Crippen LogP contribution in [0.2, 0.25) is 0 Å². The first kappa shape index (κ1) is 15.3. The van der Waals surface area contributed by atoms with Gasteiger partial charge in [-0.3, -0.25) is 0 Å². The highest BCUT2D eigenvalue weighted by molar-refractivity contribution is 5.39. The summed E-state index contributed by atoms with van der Waals surface area (Å²) in [6, 6.07) is 7.31. The third kappa shape index (κ3) is 3.53. The molecule has 1 aliphatic carbocycles. The Balaban J connectivity index is 2.15. The van der Waals surface area contributed by atoms with Crippen LogP contribution in [0.15, 0.2) is 18.2 Å². The van der Waals surface area contributed by atoms with Gasteiger partial charge in [0.1, 0.15) is 5.75 Å². The van der Waals surface area contributed by atoms with E-state index >= 15 is 0 Å². The molecule has 3 nitrogen and oxygen atoms in total. The van der Waals surface area contributed by atoms with E-state index in [2.05, 4.69) is 37.4 Å². The molecule has 1 aromatic rings. The highest BCUT2D eigenvalue weighted by atomic mass is 16.5. The zero-order valence-corrected chi connectivity index (χ0v) is 13.1. The van der Waals surface area contributed by atoms with E-state index in [9.17, 15) is 0 Å². The predicted octanol–water partition coefficient (Wildman–Crippen LogP) is 3.33. The minimum atomic E-state index is 0.401. The Hall–Kier alpha value is -1.06. The van der Waals surface area contributed by atoms with Crippen LogP contribution in [0.5, 0.6) is 5.75 Å². The number of hydrogen-bond acceptors (Lipinski definition) is 3. The number of rotatable bonds is 6. The molecule has 0 amide bonds. The van der Waals surface area contributed by atoms with Crippen LogP contribution in [0.3, 0.4) is 0 Å². The molecular formula is C17H27NO2. The molecule has 0 radical (unpaired) electrons. The van der Waals surface area contributed by atoms with Crippen molar-refractivity contribution in [2.75, 3.05) is 20.8 Å². The van der Waals surface area contributed by atoms with E-state index in [1.54, 1.807) is 14.2 Å². The summed E-state index contributed by atoms with van der Waals surface area (Å²) in [7, 11) is 3.50. The van der Waals surface area contributed by atoms with Gasteiger partial charge in [-0.15, -0.1) is 0 Å². The predicted molar refractivity (Wildman–Crippen MR) is 82.3 cm³/mol. The molecule has 112 valence electrons. The zero-order chi connectivity index (χ0) is 14.5. The number of aryl methyl sites for hydroxylation is 1. The SMILES string of the molecule is COCC(NC1CCCc2cc(OC)ccc21)C(C)C. The number of benzene rings is 1. The topological polar surface area (TPSA) is 30.5 Å². The van der Waals surface area contributed by atoms with Gasteiger partial charge in [-0.25, -0.2) is 0 Å². The molecule has 1 aliphatic rings. The fourth-order valence-corrected chi connectivity index (χ4v) is 2.96. The molecule has 0 saturated carbocycles. The summed E-state index contributed by atoms with van der Waals surface area (Å²) >= 11 is 0. The van der Waals surface area contributed by atoms with Crippen LogP contribution in [-0.4, -0.2) is 26.9 Å². The molecule has 2 rings (SSSR count). The van der Waals surface area contributed by atoms with E-state index in [0.29, 0.717) is 18.0 Å². The second-order valence-corrected chi connectivity index (χ2v) is 5.98. The second kappa shape index (κ2) is 7.09. The first-order valence-corrected chi connectivity index (χ1v) is 7.57. The first-order valence-electron chi connectivity index (χ1n) is 7.57. The van der Waals surface area contributed by atoms with Gasteiger partial charge in [0.25, 0.3) is 0 Å². The Kier molecular flexibility index (Phi) is 5.44. The zero-order valence-electron chi connectivity index (χ0n) is 13.1. The van der Waals surface area contributed by atoms with Crippen molar-refractivity contribution in [1.82, 2.24) is 5.32 Å². The number of ether oxygens (including phenoxy) is 2. The van der Waals surface area contributed by atoms with Gasteiger partial charge in [0.2, 0.25) is 0 Å². The van der Waals surface area contributed by atoms with Crippen molar-refractivity contribution in [3.63, 3.8) is 0 Å². The fourth-order valence-electron chi connectivity index (χ4n) is 2.96. The Morgan fingerprint density at radius 1 is 1.30 bits per heavy atom. The summed E-state index contributed by atoms with van der Waals surface area (Å²) in [5, 5.41) is 3.78. The summed E-state index contributed by atoms with van der Waals surface area (Å²) < 4.78 is 10.7. The number of nitrogens with one attached hydrogen (secondary N) is 1. The standard InChI is InChI=1S/C17H27NO2/c1-12(2)17(11-19-3)18-16-7-5-6-13-10-14(20-4)8-9-15(13)16/h8-10,12,16-18H,5-7,11H2,1-4H3. The van der Waals surface area contributed by atoms with E-state index in [1.807, 2.05) is 0 Å². The van der Waals surface area contributed by atoms with Crippen LogP contribution < -0.4 is 10.1 Å². The van der Waals surface area contributed by atoms with Crippen molar-refractivity contribution >= 4 is 0 Å². The fraction of sp³-hybridized carbons (Fsp3) is 0.647. The van der Waals surface area contributed by atoms with Gasteiger partial charge in [0.15, 0.2) is 0 Å². The van der Waals surface area contributed by atoms with Crippen molar-refractivity contribution in [2.45, 2.75) is 45.2 Å². The van der Waals surface area contributed by atoms with Crippen LogP contribution in [-0.2, 0) is 11.2 Å². The average Bonchev–Trinajstić information content (AvgIpc) is 2.46. The van der Waals surface area contributed by atoms with Gasteiger partial charge < -0.3 is 14.8 Å². The maximum absolute atomic E-state index is 5.35. The molecule has 0 saturated heterocycles.